The molecular weight excluding hydrogens is 178 g/mol. The van der Waals surface area contributed by atoms with Gasteiger partial charge in [0.05, 0.1) is 5.71 Å². The average Bonchev–Trinajstić information content (AvgIpc) is 2.20. The highest BCUT2D eigenvalue weighted by Crippen LogP contribution is 2.19. The number of phenols is 1. The number of phenolic OH excluding ortho intramolecular Hbond substituents is 1. The molecule has 1 aromatic rings. The van der Waals surface area contributed by atoms with E-state index in [9.17, 15) is 5.11 Å². The molecule has 0 amide bonds. The van der Waals surface area contributed by atoms with Crippen LogP contribution < -0.4 is 0 Å². The molecule has 0 unspecified atom stereocenters. The molecule has 0 spiro atoms. The first-order valence-electron chi connectivity index (χ1n) is 4.31. The summed E-state index contributed by atoms with van der Waals surface area (Å²) in [6.07, 6.45) is 2.51. The molecular formula is C11H13NO2. The maximum absolute atomic E-state index is 9.49. The minimum atomic E-state index is 0.119. The molecule has 0 aliphatic carbocycles. The van der Waals surface area contributed by atoms with Gasteiger partial charge < -0.3 is 10.3 Å². The van der Waals surface area contributed by atoms with Crippen molar-refractivity contribution in [2.75, 3.05) is 0 Å². The van der Waals surface area contributed by atoms with Gasteiger partial charge in [0.1, 0.15) is 5.75 Å². The van der Waals surface area contributed by atoms with Crippen molar-refractivity contribution in [3.8, 4) is 5.75 Å². The Hall–Kier alpha value is -1.77. The zero-order chi connectivity index (χ0) is 10.6. The van der Waals surface area contributed by atoms with Gasteiger partial charge >= 0.3 is 0 Å². The molecule has 1 aromatic carbocycles. The molecule has 0 aromatic heterocycles. The normalized spacial score (nSPS) is 11.4. The molecule has 0 saturated heterocycles. The van der Waals surface area contributed by atoms with Gasteiger partial charge in [0, 0.05) is 5.56 Å². The van der Waals surface area contributed by atoms with Crippen molar-refractivity contribution in [2.45, 2.75) is 13.3 Å². The van der Waals surface area contributed by atoms with Crippen LogP contribution in [-0.2, 0) is 6.42 Å². The van der Waals surface area contributed by atoms with Crippen molar-refractivity contribution in [3.63, 3.8) is 0 Å². The summed E-state index contributed by atoms with van der Waals surface area (Å²) >= 11 is 0. The van der Waals surface area contributed by atoms with Crippen LogP contribution in [0.2, 0.25) is 0 Å². The van der Waals surface area contributed by atoms with E-state index in [1.54, 1.807) is 25.1 Å². The van der Waals surface area contributed by atoms with E-state index in [4.69, 9.17) is 5.21 Å². The molecule has 0 fully saturated rings. The summed E-state index contributed by atoms with van der Waals surface area (Å²) in [4.78, 5) is 0. The molecule has 74 valence electrons. The van der Waals surface area contributed by atoms with Gasteiger partial charge in [0.2, 0.25) is 0 Å². The SMILES string of the molecule is C=CCc1ccc(O)c(C(C)=NO)c1. The van der Waals surface area contributed by atoms with E-state index in [1.165, 1.54) is 0 Å². The van der Waals surface area contributed by atoms with E-state index < -0.39 is 0 Å². The Bertz CT molecular complexity index is 370. The van der Waals surface area contributed by atoms with Gasteiger partial charge in [0.25, 0.3) is 0 Å². The lowest BCUT2D eigenvalue weighted by molar-refractivity contribution is 0.318. The standard InChI is InChI=1S/C11H13NO2/c1-3-4-9-5-6-11(13)10(7-9)8(2)12-14/h3,5-7,13-14H,1,4H2,2H3. The van der Waals surface area contributed by atoms with Crippen LogP contribution in [0.15, 0.2) is 36.0 Å². The van der Waals surface area contributed by atoms with Crippen molar-refractivity contribution in [3.05, 3.63) is 42.0 Å². The summed E-state index contributed by atoms with van der Waals surface area (Å²) in [7, 11) is 0. The Balaban J connectivity index is 3.14. The Morgan fingerprint density at radius 2 is 2.29 bits per heavy atom. The van der Waals surface area contributed by atoms with Gasteiger partial charge in [-0.25, -0.2) is 0 Å². The fraction of sp³-hybridized carbons (Fsp3) is 0.182. The Labute approximate surface area is 83.0 Å². The van der Waals surface area contributed by atoms with Crippen LogP contribution in [0.5, 0.6) is 5.75 Å². The smallest absolute Gasteiger partial charge is 0.124 e. The van der Waals surface area contributed by atoms with Crippen LogP contribution in [-0.4, -0.2) is 16.0 Å². The van der Waals surface area contributed by atoms with Crippen molar-refractivity contribution in [1.29, 1.82) is 0 Å². The lowest BCUT2D eigenvalue weighted by Gasteiger charge is -2.04. The van der Waals surface area contributed by atoms with Crippen LogP contribution in [0.1, 0.15) is 18.1 Å². The number of nitrogens with zero attached hydrogens (tertiary/aromatic N) is 1. The fourth-order valence-corrected chi connectivity index (χ4v) is 1.22. The third-order valence-corrected chi connectivity index (χ3v) is 1.98. The highest BCUT2D eigenvalue weighted by atomic mass is 16.4. The molecule has 1 rings (SSSR count). The highest BCUT2D eigenvalue weighted by Gasteiger charge is 2.05. The molecule has 0 radical (unpaired) electrons. The third kappa shape index (κ3) is 2.13. The summed E-state index contributed by atoms with van der Waals surface area (Å²) in [5, 5.41) is 21.1. The van der Waals surface area contributed by atoms with E-state index >= 15 is 0 Å². The Morgan fingerprint density at radius 3 is 2.86 bits per heavy atom. The summed E-state index contributed by atoms with van der Waals surface area (Å²) in [5.74, 6) is 0.119. The van der Waals surface area contributed by atoms with Crippen LogP contribution >= 0.6 is 0 Å². The number of aromatic hydroxyl groups is 1. The number of benzene rings is 1. The second kappa shape index (κ2) is 4.46. The molecule has 2 N–H and O–H groups in total. The molecule has 0 aliphatic heterocycles. The van der Waals surface area contributed by atoms with Crippen LogP contribution in [0.3, 0.4) is 0 Å². The summed E-state index contributed by atoms with van der Waals surface area (Å²) < 4.78 is 0. The maximum atomic E-state index is 9.49. The minimum Gasteiger partial charge on any atom is -0.507 e. The number of hydrogen-bond acceptors (Lipinski definition) is 3. The van der Waals surface area contributed by atoms with E-state index in [0.29, 0.717) is 11.3 Å². The predicted octanol–water partition coefficient (Wildman–Crippen LogP) is 2.32. The summed E-state index contributed by atoms with van der Waals surface area (Å²) in [5.41, 5.74) is 1.97. The molecule has 0 atom stereocenters. The van der Waals surface area contributed by atoms with Gasteiger partial charge in [0.15, 0.2) is 0 Å². The second-order valence-electron chi connectivity index (χ2n) is 3.03. The van der Waals surface area contributed by atoms with E-state index in [1.807, 2.05) is 6.07 Å². The van der Waals surface area contributed by atoms with Gasteiger partial charge in [-0.2, -0.15) is 0 Å². The quantitative estimate of drug-likeness (QED) is 0.333. The first kappa shape index (κ1) is 10.3. The molecule has 3 nitrogen and oxygen atoms in total. The summed E-state index contributed by atoms with van der Waals surface area (Å²) in [6, 6.07) is 5.18. The van der Waals surface area contributed by atoms with Crippen molar-refractivity contribution >= 4 is 5.71 Å². The first-order chi connectivity index (χ1) is 6.69. The zero-order valence-corrected chi connectivity index (χ0v) is 8.07. The number of allylic oxidation sites excluding steroid dienone is 1. The van der Waals surface area contributed by atoms with Gasteiger partial charge in [-0.3, -0.25) is 0 Å². The van der Waals surface area contributed by atoms with Gasteiger partial charge in [-0.05, 0) is 31.0 Å². The molecule has 14 heavy (non-hydrogen) atoms. The number of hydrogen-bond donors (Lipinski definition) is 2. The molecule has 0 bridgehead atoms. The number of oxime groups is 1. The van der Waals surface area contributed by atoms with E-state index in [2.05, 4.69) is 11.7 Å². The third-order valence-electron chi connectivity index (χ3n) is 1.98. The van der Waals surface area contributed by atoms with Crippen molar-refractivity contribution in [2.24, 2.45) is 5.16 Å². The van der Waals surface area contributed by atoms with Gasteiger partial charge in [-0.1, -0.05) is 17.3 Å². The van der Waals surface area contributed by atoms with Crippen LogP contribution in [0.4, 0.5) is 0 Å². The van der Waals surface area contributed by atoms with Crippen molar-refractivity contribution < 1.29 is 10.3 Å². The molecule has 0 saturated carbocycles. The minimum absolute atomic E-state index is 0.119. The monoisotopic (exact) mass is 191 g/mol. The largest absolute Gasteiger partial charge is 0.507 e. The van der Waals surface area contributed by atoms with Crippen LogP contribution in [0.25, 0.3) is 0 Å². The fourth-order valence-electron chi connectivity index (χ4n) is 1.22. The average molecular weight is 191 g/mol. The Morgan fingerprint density at radius 1 is 1.57 bits per heavy atom. The maximum Gasteiger partial charge on any atom is 0.124 e. The van der Waals surface area contributed by atoms with Crippen molar-refractivity contribution in [1.82, 2.24) is 0 Å². The zero-order valence-electron chi connectivity index (χ0n) is 8.07. The molecule has 0 heterocycles. The van der Waals surface area contributed by atoms with Gasteiger partial charge in [-0.15, -0.1) is 6.58 Å². The lowest BCUT2D eigenvalue weighted by Crippen LogP contribution is -1.96. The molecule has 0 aliphatic rings. The number of rotatable bonds is 3. The predicted molar refractivity (Wildman–Crippen MR) is 56.0 cm³/mol. The Kier molecular flexibility index (Phi) is 3.29. The topological polar surface area (TPSA) is 52.8 Å². The van der Waals surface area contributed by atoms with E-state index in [-0.39, 0.29) is 5.75 Å². The molecule has 3 heteroatoms. The van der Waals surface area contributed by atoms with E-state index in [0.717, 1.165) is 12.0 Å². The second-order valence-corrected chi connectivity index (χ2v) is 3.03. The first-order valence-corrected chi connectivity index (χ1v) is 4.31. The van der Waals surface area contributed by atoms with Crippen LogP contribution in [0, 0.1) is 0 Å². The highest BCUT2D eigenvalue weighted by molar-refractivity contribution is 6.00. The summed E-state index contributed by atoms with van der Waals surface area (Å²) in [6.45, 7) is 5.26. The lowest BCUT2D eigenvalue weighted by atomic mass is 10.0.